The Morgan fingerprint density at radius 3 is 2.00 bits per heavy atom. The van der Waals surface area contributed by atoms with E-state index in [4.69, 9.17) is 0 Å². The Balaban J connectivity index is 1.58. The van der Waals surface area contributed by atoms with E-state index in [2.05, 4.69) is 126 Å². The quantitative estimate of drug-likeness (QED) is 0.238. The zero-order chi connectivity index (χ0) is 22.2. The predicted octanol–water partition coefficient (Wildman–Crippen LogP) is 6.90. The Morgan fingerprint density at radius 1 is 0.441 bits per heavy atom. The number of hydrogen-bond acceptors (Lipinski definition) is 1. The summed E-state index contributed by atoms with van der Waals surface area (Å²) in [4.78, 5) is 2.58. The van der Waals surface area contributed by atoms with Crippen LogP contribution in [0.4, 0.5) is 11.4 Å². The van der Waals surface area contributed by atoms with Crippen molar-refractivity contribution < 1.29 is 0 Å². The van der Waals surface area contributed by atoms with Gasteiger partial charge in [-0.25, -0.2) is 0 Å². The Bertz CT molecular complexity index is 1740. The standard InChI is InChI=1S/C32H20BN/c1-2-11-23-20-29-27(19-22(23)10-1)32-24-12-4-3-9-21(24)17-18-31(32)34-30-16-8-6-14-26(30)25-13-5-7-15-28(25)33(29)34/h1-20H. The number of nitrogens with zero attached hydrogens (tertiary/aromatic N) is 1. The molecule has 2 heteroatoms. The van der Waals surface area contributed by atoms with Crippen LogP contribution < -0.4 is 15.7 Å². The molecule has 0 saturated heterocycles. The minimum Gasteiger partial charge on any atom is -0.376 e. The average Bonchev–Trinajstić information content (AvgIpc) is 2.91. The molecule has 0 bridgehead atoms. The van der Waals surface area contributed by atoms with E-state index in [9.17, 15) is 0 Å². The lowest BCUT2D eigenvalue weighted by molar-refractivity contribution is 1.36. The van der Waals surface area contributed by atoms with E-state index in [0.29, 0.717) is 0 Å². The normalized spacial score (nSPS) is 13.2. The lowest BCUT2D eigenvalue weighted by Gasteiger charge is -2.43. The van der Waals surface area contributed by atoms with Gasteiger partial charge < -0.3 is 4.81 Å². The molecule has 8 rings (SSSR count). The van der Waals surface area contributed by atoms with E-state index in [1.165, 1.54) is 66.1 Å². The molecule has 0 radical (unpaired) electrons. The summed E-state index contributed by atoms with van der Waals surface area (Å²) in [7, 11) is 0. The van der Waals surface area contributed by atoms with Crippen molar-refractivity contribution in [2.24, 2.45) is 0 Å². The lowest BCUT2D eigenvalue weighted by atomic mass is 9.43. The van der Waals surface area contributed by atoms with Crippen molar-refractivity contribution >= 4 is 50.7 Å². The third-order valence-corrected chi connectivity index (χ3v) is 7.62. The van der Waals surface area contributed by atoms with E-state index in [1.807, 2.05) is 0 Å². The van der Waals surface area contributed by atoms with E-state index in [-0.39, 0.29) is 6.85 Å². The van der Waals surface area contributed by atoms with Crippen molar-refractivity contribution in [1.29, 1.82) is 0 Å². The van der Waals surface area contributed by atoms with Gasteiger partial charge in [-0.1, -0.05) is 103 Å². The van der Waals surface area contributed by atoms with E-state index in [0.717, 1.165) is 0 Å². The molecule has 0 aliphatic carbocycles. The molecule has 34 heavy (non-hydrogen) atoms. The molecular formula is C32H20BN. The van der Waals surface area contributed by atoms with Crippen LogP contribution in [0, 0.1) is 0 Å². The highest BCUT2D eigenvalue weighted by molar-refractivity contribution is 6.92. The molecule has 0 spiro atoms. The zero-order valence-corrected chi connectivity index (χ0v) is 18.6. The molecule has 0 N–H and O–H groups in total. The summed E-state index contributed by atoms with van der Waals surface area (Å²) in [5, 5.41) is 5.18. The molecule has 2 heterocycles. The van der Waals surface area contributed by atoms with Crippen molar-refractivity contribution in [3.63, 3.8) is 0 Å². The van der Waals surface area contributed by atoms with Crippen LogP contribution in [0.15, 0.2) is 121 Å². The highest BCUT2D eigenvalue weighted by Crippen LogP contribution is 2.48. The molecule has 2 aliphatic heterocycles. The highest BCUT2D eigenvalue weighted by atomic mass is 15.1. The summed E-state index contributed by atoms with van der Waals surface area (Å²) in [5.41, 5.74) is 10.6. The molecule has 0 fully saturated rings. The van der Waals surface area contributed by atoms with Crippen LogP contribution >= 0.6 is 0 Å². The van der Waals surface area contributed by atoms with Gasteiger partial charge in [-0.15, -0.1) is 0 Å². The second-order valence-corrected chi connectivity index (χ2v) is 9.34. The molecule has 0 amide bonds. The van der Waals surface area contributed by atoms with Crippen LogP contribution in [0.2, 0.25) is 0 Å². The summed E-state index contributed by atoms with van der Waals surface area (Å²) < 4.78 is 0. The summed E-state index contributed by atoms with van der Waals surface area (Å²) in [6, 6.07) is 44.8. The third kappa shape index (κ3) is 2.30. The molecule has 0 aromatic heterocycles. The molecule has 1 nitrogen and oxygen atoms in total. The fourth-order valence-corrected chi connectivity index (χ4v) is 6.19. The van der Waals surface area contributed by atoms with Gasteiger partial charge in [0, 0.05) is 22.5 Å². The predicted molar refractivity (Wildman–Crippen MR) is 146 cm³/mol. The Kier molecular flexibility index (Phi) is 3.54. The first-order chi connectivity index (χ1) is 16.9. The maximum Gasteiger partial charge on any atom is 0.329 e. The minimum atomic E-state index is 0.138. The van der Waals surface area contributed by atoms with Crippen LogP contribution in [-0.4, -0.2) is 6.85 Å². The molecule has 2 aliphatic rings. The highest BCUT2D eigenvalue weighted by Gasteiger charge is 2.42. The van der Waals surface area contributed by atoms with E-state index < -0.39 is 0 Å². The molecule has 0 saturated carbocycles. The Labute approximate surface area is 199 Å². The van der Waals surface area contributed by atoms with Gasteiger partial charge >= 0.3 is 6.85 Å². The summed E-state index contributed by atoms with van der Waals surface area (Å²) >= 11 is 0. The maximum absolute atomic E-state index is 2.58. The second kappa shape index (κ2) is 6.62. The van der Waals surface area contributed by atoms with Crippen molar-refractivity contribution in [2.75, 3.05) is 4.81 Å². The smallest absolute Gasteiger partial charge is 0.329 e. The number of hydrogen-bond donors (Lipinski definition) is 0. The van der Waals surface area contributed by atoms with Crippen molar-refractivity contribution in [2.45, 2.75) is 0 Å². The monoisotopic (exact) mass is 429 g/mol. The zero-order valence-electron chi connectivity index (χ0n) is 18.6. The van der Waals surface area contributed by atoms with Crippen molar-refractivity contribution in [3.05, 3.63) is 121 Å². The number of para-hydroxylation sites is 1. The molecule has 156 valence electrons. The maximum atomic E-state index is 2.58. The number of rotatable bonds is 0. The number of benzene rings is 6. The Hall–Kier alpha value is -4.30. The summed E-state index contributed by atoms with van der Waals surface area (Å²) in [5.74, 6) is 0. The third-order valence-electron chi connectivity index (χ3n) is 7.62. The number of anilines is 2. The van der Waals surface area contributed by atoms with Crippen LogP contribution in [0.5, 0.6) is 0 Å². The minimum absolute atomic E-state index is 0.138. The topological polar surface area (TPSA) is 3.24 Å². The van der Waals surface area contributed by atoms with Crippen LogP contribution in [-0.2, 0) is 0 Å². The molecule has 6 aromatic rings. The summed E-state index contributed by atoms with van der Waals surface area (Å²) in [6.45, 7) is 0.138. The van der Waals surface area contributed by atoms with Crippen LogP contribution in [0.1, 0.15) is 0 Å². The van der Waals surface area contributed by atoms with Gasteiger partial charge in [-0.05, 0) is 61.8 Å². The Morgan fingerprint density at radius 2 is 1.12 bits per heavy atom. The molecular weight excluding hydrogens is 409 g/mol. The van der Waals surface area contributed by atoms with E-state index >= 15 is 0 Å². The average molecular weight is 429 g/mol. The van der Waals surface area contributed by atoms with Gasteiger partial charge in [0.15, 0.2) is 0 Å². The van der Waals surface area contributed by atoms with Gasteiger partial charge in [0.05, 0.1) is 0 Å². The lowest BCUT2D eigenvalue weighted by Crippen LogP contribution is -2.59. The van der Waals surface area contributed by atoms with Gasteiger partial charge in [-0.2, -0.15) is 0 Å². The van der Waals surface area contributed by atoms with Crippen molar-refractivity contribution in [3.8, 4) is 22.3 Å². The van der Waals surface area contributed by atoms with Gasteiger partial charge in [0.2, 0.25) is 0 Å². The fourth-order valence-electron chi connectivity index (χ4n) is 6.19. The molecule has 0 atom stereocenters. The first-order valence-corrected chi connectivity index (χ1v) is 11.9. The van der Waals surface area contributed by atoms with E-state index in [1.54, 1.807) is 0 Å². The number of fused-ring (bicyclic) bond motifs is 14. The largest absolute Gasteiger partial charge is 0.376 e. The first-order valence-electron chi connectivity index (χ1n) is 11.9. The second-order valence-electron chi connectivity index (χ2n) is 9.34. The van der Waals surface area contributed by atoms with Crippen LogP contribution in [0.3, 0.4) is 0 Å². The van der Waals surface area contributed by atoms with Gasteiger partial charge in [0.1, 0.15) is 0 Å². The van der Waals surface area contributed by atoms with Gasteiger partial charge in [0.25, 0.3) is 0 Å². The SMILES string of the molecule is c1ccc2c(c1)B1c3cc4ccccc4cc3-c3c(ccc4ccccc34)N1c1ccccc1-2. The molecule has 0 unspecified atom stereocenters. The van der Waals surface area contributed by atoms with Crippen LogP contribution in [0.25, 0.3) is 43.8 Å². The summed E-state index contributed by atoms with van der Waals surface area (Å²) in [6.07, 6.45) is 0. The fraction of sp³-hybridized carbons (Fsp3) is 0. The molecule has 6 aromatic carbocycles. The van der Waals surface area contributed by atoms with Gasteiger partial charge in [-0.3, -0.25) is 0 Å². The van der Waals surface area contributed by atoms with Crippen molar-refractivity contribution in [1.82, 2.24) is 0 Å². The first kappa shape index (κ1) is 18.2.